The van der Waals surface area contributed by atoms with Crippen molar-refractivity contribution in [3.05, 3.63) is 146 Å². The highest BCUT2D eigenvalue weighted by atomic mass is 32.1. The van der Waals surface area contributed by atoms with Crippen LogP contribution < -0.4 is 0 Å². The average molecular weight is 569 g/mol. The summed E-state index contributed by atoms with van der Waals surface area (Å²) in [6.45, 7) is 0. The summed E-state index contributed by atoms with van der Waals surface area (Å²) in [6.07, 6.45) is 0. The van der Waals surface area contributed by atoms with Crippen molar-refractivity contribution in [2.45, 2.75) is 0 Å². The standard InChI is InChI=1S/C38H24N4S/c1-4-10-25(11-5-1)26-16-19-29(20-17-26)36-40-35(28-12-6-2-7-13-28)41-37(42-36)31-21-18-27-22-23-33-34(32(27)24-31)43-38(39-33)30-14-8-3-9-15-30/h1-24H. The third-order valence-electron chi connectivity index (χ3n) is 7.57. The van der Waals surface area contributed by atoms with Gasteiger partial charge in [-0.1, -0.05) is 133 Å². The van der Waals surface area contributed by atoms with Gasteiger partial charge in [0.15, 0.2) is 17.5 Å². The molecule has 0 radical (unpaired) electrons. The van der Waals surface area contributed by atoms with E-state index in [1.54, 1.807) is 11.3 Å². The van der Waals surface area contributed by atoms with Crippen molar-refractivity contribution >= 4 is 32.3 Å². The van der Waals surface area contributed by atoms with Crippen LogP contribution in [0.2, 0.25) is 0 Å². The molecule has 2 aromatic heterocycles. The smallest absolute Gasteiger partial charge is 0.164 e. The first kappa shape index (κ1) is 25.2. The molecular formula is C38H24N4S. The van der Waals surface area contributed by atoms with Crippen molar-refractivity contribution in [3.63, 3.8) is 0 Å². The summed E-state index contributed by atoms with van der Waals surface area (Å²) in [6, 6.07) is 49.9. The molecule has 0 fully saturated rings. The van der Waals surface area contributed by atoms with E-state index >= 15 is 0 Å². The van der Waals surface area contributed by atoms with Gasteiger partial charge in [-0.2, -0.15) is 0 Å². The second-order valence-corrected chi connectivity index (χ2v) is 11.3. The van der Waals surface area contributed by atoms with Gasteiger partial charge in [0.1, 0.15) is 5.01 Å². The highest BCUT2D eigenvalue weighted by Crippen LogP contribution is 2.37. The highest BCUT2D eigenvalue weighted by Gasteiger charge is 2.15. The number of thiazole rings is 1. The van der Waals surface area contributed by atoms with Gasteiger partial charge in [-0.3, -0.25) is 0 Å². The molecule has 5 heteroatoms. The van der Waals surface area contributed by atoms with E-state index < -0.39 is 0 Å². The summed E-state index contributed by atoms with van der Waals surface area (Å²) < 4.78 is 1.16. The Morgan fingerprint density at radius 3 is 1.49 bits per heavy atom. The first-order valence-corrected chi connectivity index (χ1v) is 15.0. The molecule has 0 unspecified atom stereocenters. The molecule has 2 heterocycles. The van der Waals surface area contributed by atoms with E-state index in [2.05, 4.69) is 103 Å². The van der Waals surface area contributed by atoms with Crippen LogP contribution in [0.1, 0.15) is 0 Å². The molecule has 8 aromatic rings. The number of hydrogen-bond donors (Lipinski definition) is 0. The summed E-state index contributed by atoms with van der Waals surface area (Å²) in [4.78, 5) is 19.8. The topological polar surface area (TPSA) is 51.6 Å². The van der Waals surface area contributed by atoms with Crippen LogP contribution in [0, 0.1) is 0 Å². The molecule has 0 amide bonds. The van der Waals surface area contributed by atoms with Crippen molar-refractivity contribution in [2.24, 2.45) is 0 Å². The van der Waals surface area contributed by atoms with E-state index in [4.69, 9.17) is 19.9 Å². The van der Waals surface area contributed by atoms with E-state index in [9.17, 15) is 0 Å². The fraction of sp³-hybridized carbons (Fsp3) is 0. The molecule has 202 valence electrons. The Labute approximate surface area is 253 Å². The Morgan fingerprint density at radius 2 is 0.837 bits per heavy atom. The Bertz CT molecular complexity index is 2210. The lowest BCUT2D eigenvalue weighted by Gasteiger charge is -2.10. The van der Waals surface area contributed by atoms with Crippen molar-refractivity contribution in [1.82, 2.24) is 19.9 Å². The lowest BCUT2D eigenvalue weighted by molar-refractivity contribution is 1.07. The van der Waals surface area contributed by atoms with Crippen molar-refractivity contribution < 1.29 is 0 Å². The van der Waals surface area contributed by atoms with E-state index in [0.29, 0.717) is 17.5 Å². The second kappa shape index (κ2) is 10.7. The molecule has 0 aliphatic carbocycles. The van der Waals surface area contributed by atoms with E-state index in [-0.39, 0.29) is 0 Å². The largest absolute Gasteiger partial charge is 0.236 e. The number of nitrogens with zero attached hydrogens (tertiary/aromatic N) is 4. The normalized spacial score (nSPS) is 11.3. The van der Waals surface area contributed by atoms with Crippen LogP contribution in [-0.2, 0) is 0 Å². The van der Waals surface area contributed by atoms with Gasteiger partial charge in [0.2, 0.25) is 0 Å². The van der Waals surface area contributed by atoms with Gasteiger partial charge in [-0.25, -0.2) is 19.9 Å². The highest BCUT2D eigenvalue weighted by molar-refractivity contribution is 7.22. The van der Waals surface area contributed by atoms with Crippen LogP contribution >= 0.6 is 11.3 Å². The SMILES string of the molecule is c1ccc(-c2ccc(-c3nc(-c4ccccc4)nc(-c4ccc5ccc6nc(-c7ccccc7)sc6c5c4)n3)cc2)cc1. The quantitative estimate of drug-likeness (QED) is 0.207. The number of hydrogen-bond acceptors (Lipinski definition) is 5. The van der Waals surface area contributed by atoms with Gasteiger partial charge in [-0.05, 0) is 28.6 Å². The fourth-order valence-electron chi connectivity index (χ4n) is 5.34. The Morgan fingerprint density at radius 1 is 0.372 bits per heavy atom. The molecule has 0 N–H and O–H groups in total. The first-order chi connectivity index (χ1) is 21.3. The minimum Gasteiger partial charge on any atom is -0.236 e. The van der Waals surface area contributed by atoms with Gasteiger partial charge in [0, 0.05) is 27.6 Å². The predicted octanol–water partition coefficient (Wildman–Crippen LogP) is 9.97. The lowest BCUT2D eigenvalue weighted by atomic mass is 10.0. The van der Waals surface area contributed by atoms with Gasteiger partial charge in [-0.15, -0.1) is 11.3 Å². The van der Waals surface area contributed by atoms with Crippen LogP contribution in [0.15, 0.2) is 146 Å². The molecule has 6 aromatic carbocycles. The maximum Gasteiger partial charge on any atom is 0.164 e. The number of rotatable bonds is 5. The van der Waals surface area contributed by atoms with Crippen LogP contribution in [0.5, 0.6) is 0 Å². The molecule has 0 saturated carbocycles. The second-order valence-electron chi connectivity index (χ2n) is 10.4. The molecule has 0 saturated heterocycles. The first-order valence-electron chi connectivity index (χ1n) is 14.1. The maximum absolute atomic E-state index is 5.01. The molecular weight excluding hydrogens is 545 g/mol. The third-order valence-corrected chi connectivity index (χ3v) is 8.72. The van der Waals surface area contributed by atoms with Crippen molar-refractivity contribution in [1.29, 1.82) is 0 Å². The zero-order chi connectivity index (χ0) is 28.6. The summed E-state index contributed by atoms with van der Waals surface area (Å²) in [7, 11) is 0. The molecule has 43 heavy (non-hydrogen) atoms. The zero-order valence-corrected chi connectivity index (χ0v) is 23.9. The predicted molar refractivity (Wildman–Crippen MR) is 178 cm³/mol. The van der Waals surface area contributed by atoms with Crippen LogP contribution in [0.25, 0.3) is 76.9 Å². The average Bonchev–Trinajstić information content (AvgIpc) is 3.54. The monoisotopic (exact) mass is 568 g/mol. The molecule has 0 bridgehead atoms. The fourth-order valence-corrected chi connectivity index (χ4v) is 6.44. The Kier molecular flexibility index (Phi) is 6.28. The number of aromatic nitrogens is 4. The van der Waals surface area contributed by atoms with Crippen molar-refractivity contribution in [2.75, 3.05) is 0 Å². The van der Waals surface area contributed by atoms with Crippen molar-refractivity contribution in [3.8, 4) is 55.9 Å². The molecule has 0 spiro atoms. The summed E-state index contributed by atoms with van der Waals surface area (Å²) in [5, 5.41) is 3.32. The van der Waals surface area contributed by atoms with E-state index in [1.807, 2.05) is 42.5 Å². The van der Waals surface area contributed by atoms with Crippen LogP contribution in [-0.4, -0.2) is 19.9 Å². The summed E-state index contributed by atoms with van der Waals surface area (Å²) >= 11 is 1.72. The Balaban J connectivity index is 1.26. The minimum absolute atomic E-state index is 0.641. The Hall–Kier alpha value is -5.52. The van der Waals surface area contributed by atoms with Gasteiger partial charge in [0.05, 0.1) is 10.2 Å². The molecule has 0 atom stereocenters. The van der Waals surface area contributed by atoms with Gasteiger partial charge < -0.3 is 0 Å². The minimum atomic E-state index is 0.641. The summed E-state index contributed by atoms with van der Waals surface area (Å²) in [5.41, 5.74) is 7.28. The molecule has 0 aliphatic heterocycles. The van der Waals surface area contributed by atoms with E-state index in [1.165, 1.54) is 5.56 Å². The number of fused-ring (bicyclic) bond motifs is 3. The molecule has 4 nitrogen and oxygen atoms in total. The lowest BCUT2D eigenvalue weighted by Crippen LogP contribution is -2.00. The maximum atomic E-state index is 5.01. The molecule has 0 aliphatic rings. The zero-order valence-electron chi connectivity index (χ0n) is 23.1. The van der Waals surface area contributed by atoms with Gasteiger partial charge in [0.25, 0.3) is 0 Å². The molecule has 8 rings (SSSR count). The third kappa shape index (κ3) is 4.86. The summed E-state index contributed by atoms with van der Waals surface area (Å²) in [5.74, 6) is 1.93. The van der Waals surface area contributed by atoms with Gasteiger partial charge >= 0.3 is 0 Å². The van der Waals surface area contributed by atoms with Crippen LogP contribution in [0.4, 0.5) is 0 Å². The van der Waals surface area contributed by atoms with Crippen LogP contribution in [0.3, 0.4) is 0 Å². The number of benzene rings is 6. The van der Waals surface area contributed by atoms with E-state index in [0.717, 1.165) is 53.8 Å².